The standard InChI is InChI=1S/C18H17N3O5S2/c22-16(19-12-3-4-13-14(10-12)18(24)20-17(13)23)11-5-7-21(8-6-11)28(25,26)15-2-1-9-27-15/h1-4,9-11H,5-8H2,(H,19,22)(H,20,23,24). The van der Waals surface area contributed by atoms with Gasteiger partial charge in [0.05, 0.1) is 11.1 Å². The molecule has 0 bridgehead atoms. The van der Waals surface area contributed by atoms with E-state index < -0.39 is 21.8 Å². The number of hydrogen-bond acceptors (Lipinski definition) is 6. The van der Waals surface area contributed by atoms with Crippen LogP contribution in [0, 0.1) is 5.92 Å². The second-order valence-electron chi connectivity index (χ2n) is 6.64. The number of fused-ring (bicyclic) bond motifs is 1. The summed E-state index contributed by atoms with van der Waals surface area (Å²) >= 11 is 1.18. The van der Waals surface area contributed by atoms with Crippen LogP contribution in [0.1, 0.15) is 33.6 Å². The van der Waals surface area contributed by atoms with Gasteiger partial charge in [-0.1, -0.05) is 6.07 Å². The van der Waals surface area contributed by atoms with Gasteiger partial charge in [0.1, 0.15) is 4.21 Å². The summed E-state index contributed by atoms with van der Waals surface area (Å²) in [7, 11) is -3.50. The van der Waals surface area contributed by atoms with E-state index in [4.69, 9.17) is 0 Å². The third-order valence-electron chi connectivity index (χ3n) is 4.92. The van der Waals surface area contributed by atoms with E-state index in [2.05, 4.69) is 10.6 Å². The molecule has 0 spiro atoms. The van der Waals surface area contributed by atoms with Gasteiger partial charge in [-0.2, -0.15) is 4.31 Å². The molecule has 1 fully saturated rings. The highest BCUT2D eigenvalue weighted by atomic mass is 32.2. The molecule has 10 heteroatoms. The van der Waals surface area contributed by atoms with E-state index in [1.165, 1.54) is 27.8 Å². The lowest BCUT2D eigenvalue weighted by Gasteiger charge is -2.30. The van der Waals surface area contributed by atoms with Gasteiger partial charge in [-0.05, 0) is 42.5 Å². The number of imide groups is 1. The van der Waals surface area contributed by atoms with Gasteiger partial charge in [0.15, 0.2) is 0 Å². The van der Waals surface area contributed by atoms with Crippen molar-refractivity contribution in [2.24, 2.45) is 5.92 Å². The Morgan fingerprint density at radius 2 is 1.82 bits per heavy atom. The molecule has 0 aliphatic carbocycles. The fourth-order valence-corrected chi connectivity index (χ4v) is 6.00. The Labute approximate surface area is 165 Å². The maximum atomic E-state index is 12.6. The molecule has 0 unspecified atom stereocenters. The lowest BCUT2D eigenvalue weighted by atomic mass is 9.97. The van der Waals surface area contributed by atoms with Crippen LogP contribution in [-0.2, 0) is 14.8 Å². The predicted octanol–water partition coefficient (Wildman–Crippen LogP) is 1.67. The van der Waals surface area contributed by atoms with Crippen molar-refractivity contribution in [3.05, 3.63) is 46.8 Å². The molecule has 2 aliphatic heterocycles. The minimum atomic E-state index is -3.50. The van der Waals surface area contributed by atoms with Crippen LogP contribution in [0.4, 0.5) is 5.69 Å². The first-order valence-electron chi connectivity index (χ1n) is 8.70. The number of benzene rings is 1. The van der Waals surface area contributed by atoms with E-state index in [9.17, 15) is 22.8 Å². The van der Waals surface area contributed by atoms with Crippen molar-refractivity contribution >= 4 is 44.8 Å². The zero-order valence-corrected chi connectivity index (χ0v) is 16.3. The molecule has 28 heavy (non-hydrogen) atoms. The monoisotopic (exact) mass is 419 g/mol. The maximum absolute atomic E-state index is 12.6. The number of carbonyl (C=O) groups excluding carboxylic acids is 3. The summed E-state index contributed by atoms with van der Waals surface area (Å²) in [5.74, 6) is -1.48. The summed E-state index contributed by atoms with van der Waals surface area (Å²) < 4.78 is 26.8. The van der Waals surface area contributed by atoms with Gasteiger partial charge in [-0.3, -0.25) is 19.7 Å². The molecule has 2 aliphatic rings. The molecular weight excluding hydrogens is 402 g/mol. The molecular formula is C18H17N3O5S2. The largest absolute Gasteiger partial charge is 0.326 e. The molecule has 0 saturated carbocycles. The topological polar surface area (TPSA) is 113 Å². The van der Waals surface area contributed by atoms with Crippen molar-refractivity contribution in [2.75, 3.05) is 18.4 Å². The lowest BCUT2D eigenvalue weighted by Crippen LogP contribution is -2.41. The lowest BCUT2D eigenvalue weighted by molar-refractivity contribution is -0.120. The summed E-state index contributed by atoms with van der Waals surface area (Å²) in [5, 5.41) is 6.69. The third kappa shape index (κ3) is 3.34. The van der Waals surface area contributed by atoms with Crippen molar-refractivity contribution < 1.29 is 22.8 Å². The smallest absolute Gasteiger partial charge is 0.259 e. The van der Waals surface area contributed by atoms with E-state index in [0.29, 0.717) is 22.7 Å². The van der Waals surface area contributed by atoms with Crippen molar-refractivity contribution in [3.63, 3.8) is 0 Å². The fourth-order valence-electron chi connectivity index (χ4n) is 3.39. The Morgan fingerprint density at radius 3 is 2.50 bits per heavy atom. The number of carbonyl (C=O) groups is 3. The van der Waals surface area contributed by atoms with Crippen molar-refractivity contribution in [1.82, 2.24) is 9.62 Å². The van der Waals surface area contributed by atoms with Crippen molar-refractivity contribution in [1.29, 1.82) is 0 Å². The van der Waals surface area contributed by atoms with Crippen LogP contribution in [0.15, 0.2) is 39.9 Å². The molecule has 1 saturated heterocycles. The summed E-state index contributed by atoms with van der Waals surface area (Å²) in [6, 6.07) is 7.83. The number of anilines is 1. The van der Waals surface area contributed by atoms with E-state index in [-0.39, 0.29) is 36.0 Å². The normalized spacial score (nSPS) is 18.0. The van der Waals surface area contributed by atoms with Gasteiger partial charge < -0.3 is 5.32 Å². The van der Waals surface area contributed by atoms with Gasteiger partial charge >= 0.3 is 0 Å². The SMILES string of the molecule is O=C1NC(=O)c2cc(NC(=O)C3CCN(S(=O)(=O)c4cccs4)CC3)ccc21. The second kappa shape index (κ2) is 7.12. The number of rotatable bonds is 4. The molecule has 1 aromatic carbocycles. The number of nitrogens with zero attached hydrogens (tertiary/aromatic N) is 1. The highest BCUT2D eigenvalue weighted by molar-refractivity contribution is 7.91. The molecule has 146 valence electrons. The van der Waals surface area contributed by atoms with Gasteiger partial charge in [0.2, 0.25) is 5.91 Å². The van der Waals surface area contributed by atoms with Crippen LogP contribution in [0.3, 0.4) is 0 Å². The molecule has 0 radical (unpaired) electrons. The molecule has 3 amide bonds. The van der Waals surface area contributed by atoms with Gasteiger partial charge in [0, 0.05) is 24.7 Å². The Hall–Kier alpha value is -2.56. The first-order valence-corrected chi connectivity index (χ1v) is 11.0. The van der Waals surface area contributed by atoms with Crippen molar-refractivity contribution in [2.45, 2.75) is 17.1 Å². The van der Waals surface area contributed by atoms with E-state index in [1.54, 1.807) is 23.6 Å². The number of hydrogen-bond donors (Lipinski definition) is 2. The minimum Gasteiger partial charge on any atom is -0.326 e. The highest BCUT2D eigenvalue weighted by Gasteiger charge is 2.33. The number of amides is 3. The number of nitrogens with one attached hydrogen (secondary N) is 2. The average molecular weight is 419 g/mol. The maximum Gasteiger partial charge on any atom is 0.259 e. The summed E-state index contributed by atoms with van der Waals surface area (Å²) in [6.45, 7) is 0.554. The Morgan fingerprint density at radius 1 is 1.11 bits per heavy atom. The third-order valence-corrected chi connectivity index (χ3v) is 8.19. The van der Waals surface area contributed by atoms with Gasteiger partial charge in [-0.25, -0.2) is 8.42 Å². The van der Waals surface area contributed by atoms with E-state index >= 15 is 0 Å². The van der Waals surface area contributed by atoms with Crippen LogP contribution in [0.2, 0.25) is 0 Å². The molecule has 8 nitrogen and oxygen atoms in total. The number of thiophene rings is 1. The Bertz CT molecular complexity index is 1050. The van der Waals surface area contributed by atoms with Crippen LogP contribution in [0.25, 0.3) is 0 Å². The van der Waals surface area contributed by atoms with Crippen LogP contribution < -0.4 is 10.6 Å². The first kappa shape index (κ1) is 18.8. The molecule has 0 atom stereocenters. The quantitative estimate of drug-likeness (QED) is 0.732. The summed E-state index contributed by atoms with van der Waals surface area (Å²) in [4.78, 5) is 35.9. The molecule has 1 aromatic heterocycles. The Balaban J connectivity index is 1.39. The van der Waals surface area contributed by atoms with Crippen LogP contribution in [-0.4, -0.2) is 43.5 Å². The van der Waals surface area contributed by atoms with E-state index in [0.717, 1.165) is 0 Å². The van der Waals surface area contributed by atoms with Crippen LogP contribution >= 0.6 is 11.3 Å². The summed E-state index contributed by atoms with van der Waals surface area (Å²) in [5.41, 5.74) is 0.956. The Kier molecular flexibility index (Phi) is 4.77. The highest BCUT2D eigenvalue weighted by Crippen LogP contribution is 2.27. The first-order chi connectivity index (χ1) is 13.4. The van der Waals surface area contributed by atoms with Crippen molar-refractivity contribution in [3.8, 4) is 0 Å². The zero-order valence-electron chi connectivity index (χ0n) is 14.7. The predicted molar refractivity (Wildman–Crippen MR) is 103 cm³/mol. The second-order valence-corrected chi connectivity index (χ2v) is 9.76. The van der Waals surface area contributed by atoms with E-state index in [1.807, 2.05) is 0 Å². The number of sulfonamides is 1. The fraction of sp³-hybridized carbons (Fsp3) is 0.278. The summed E-state index contributed by atoms with van der Waals surface area (Å²) in [6.07, 6.45) is 0.834. The zero-order chi connectivity index (χ0) is 19.9. The molecule has 3 heterocycles. The van der Waals surface area contributed by atoms with Gasteiger partial charge in [-0.15, -0.1) is 11.3 Å². The van der Waals surface area contributed by atoms with Crippen LogP contribution in [0.5, 0.6) is 0 Å². The molecule has 2 aromatic rings. The minimum absolute atomic E-state index is 0.224. The molecule has 4 rings (SSSR count). The average Bonchev–Trinajstić information content (AvgIpc) is 3.31. The molecule has 2 N–H and O–H groups in total. The van der Waals surface area contributed by atoms with Gasteiger partial charge in [0.25, 0.3) is 21.8 Å². The number of piperidine rings is 1.